The second-order valence-electron chi connectivity index (χ2n) is 5.64. The zero-order valence-corrected chi connectivity index (χ0v) is 16.2. The maximum Gasteiger partial charge on any atom is 0.305 e. The number of amides is 2. The Morgan fingerprint density at radius 2 is 1.71 bits per heavy atom. The maximum absolute atomic E-state index is 12.3. The number of rotatable bonds is 7. The number of carbonyl (C=O) groups is 2. The fourth-order valence-electron chi connectivity index (χ4n) is 2.29. The predicted molar refractivity (Wildman–Crippen MR) is 103 cm³/mol. The van der Waals surface area contributed by atoms with Gasteiger partial charge >= 0.3 is 5.91 Å². The summed E-state index contributed by atoms with van der Waals surface area (Å²) in [6, 6.07) is 12.2. The molecule has 8 nitrogen and oxygen atoms in total. The average Bonchev–Trinajstić information content (AvgIpc) is 3.40. The third-order valence-corrected chi connectivity index (χ3v) is 6.12. The molecular formula is C18H17N3O5S2. The molecule has 10 heteroatoms. The van der Waals surface area contributed by atoms with E-state index in [1.165, 1.54) is 36.6 Å². The molecule has 28 heavy (non-hydrogen) atoms. The number of benzene rings is 1. The van der Waals surface area contributed by atoms with E-state index in [0.717, 1.165) is 4.88 Å². The minimum Gasteiger partial charge on any atom is -0.459 e. The van der Waals surface area contributed by atoms with E-state index < -0.39 is 21.8 Å². The molecule has 3 aromatic rings. The Bertz CT molecular complexity index is 1030. The zero-order valence-electron chi connectivity index (χ0n) is 14.5. The Morgan fingerprint density at radius 1 is 0.964 bits per heavy atom. The molecule has 0 bridgehead atoms. The van der Waals surface area contributed by atoms with Gasteiger partial charge in [0.15, 0.2) is 5.76 Å². The van der Waals surface area contributed by atoms with Crippen LogP contribution in [0.2, 0.25) is 0 Å². The summed E-state index contributed by atoms with van der Waals surface area (Å²) >= 11 is 1.57. The van der Waals surface area contributed by atoms with Gasteiger partial charge in [0.2, 0.25) is 10.0 Å². The van der Waals surface area contributed by atoms with Gasteiger partial charge in [0.1, 0.15) is 0 Å². The highest BCUT2D eigenvalue weighted by atomic mass is 32.2. The van der Waals surface area contributed by atoms with Crippen LogP contribution in [0.3, 0.4) is 0 Å². The van der Waals surface area contributed by atoms with Gasteiger partial charge in [0, 0.05) is 17.0 Å². The van der Waals surface area contributed by atoms with Gasteiger partial charge in [-0.1, -0.05) is 6.07 Å². The number of carbonyl (C=O) groups excluding carboxylic acids is 2. The monoisotopic (exact) mass is 419 g/mol. The summed E-state index contributed by atoms with van der Waals surface area (Å²) < 4.78 is 32.1. The van der Waals surface area contributed by atoms with Crippen molar-refractivity contribution in [3.63, 3.8) is 0 Å². The first kappa shape index (κ1) is 19.8. The van der Waals surface area contributed by atoms with Gasteiger partial charge in [0.05, 0.1) is 11.2 Å². The first-order chi connectivity index (χ1) is 13.5. The fraction of sp³-hybridized carbons (Fsp3) is 0.111. The van der Waals surface area contributed by atoms with Crippen LogP contribution in [0, 0.1) is 0 Å². The van der Waals surface area contributed by atoms with Crippen molar-refractivity contribution >= 4 is 33.2 Å². The van der Waals surface area contributed by atoms with Gasteiger partial charge in [-0.05, 0) is 54.3 Å². The number of thiophene rings is 1. The summed E-state index contributed by atoms with van der Waals surface area (Å²) in [5.74, 6) is -1.14. The summed E-state index contributed by atoms with van der Waals surface area (Å²) in [5, 5.41) is 1.94. The molecule has 2 amide bonds. The first-order valence-corrected chi connectivity index (χ1v) is 10.6. The summed E-state index contributed by atoms with van der Waals surface area (Å²) in [6.45, 7) is 0.282. The molecule has 3 N–H and O–H groups in total. The van der Waals surface area contributed by atoms with Crippen molar-refractivity contribution < 1.29 is 22.4 Å². The van der Waals surface area contributed by atoms with Crippen molar-refractivity contribution in [2.45, 2.75) is 11.3 Å². The van der Waals surface area contributed by atoms with Crippen LogP contribution in [-0.4, -0.2) is 26.8 Å². The van der Waals surface area contributed by atoms with Crippen LogP contribution >= 0.6 is 11.3 Å². The summed E-state index contributed by atoms with van der Waals surface area (Å²) in [5.41, 5.74) is 4.63. The molecule has 0 unspecified atom stereocenters. The molecule has 2 heterocycles. The van der Waals surface area contributed by atoms with Crippen molar-refractivity contribution in [1.29, 1.82) is 0 Å². The van der Waals surface area contributed by atoms with Crippen molar-refractivity contribution in [1.82, 2.24) is 15.6 Å². The first-order valence-electron chi connectivity index (χ1n) is 8.22. The maximum atomic E-state index is 12.3. The van der Waals surface area contributed by atoms with Crippen LogP contribution in [0.4, 0.5) is 0 Å². The highest BCUT2D eigenvalue weighted by molar-refractivity contribution is 7.89. The van der Waals surface area contributed by atoms with Crippen LogP contribution in [0.15, 0.2) is 69.5 Å². The highest BCUT2D eigenvalue weighted by Gasteiger charge is 2.15. The molecule has 1 aromatic carbocycles. The zero-order chi connectivity index (χ0) is 20.0. The van der Waals surface area contributed by atoms with Crippen LogP contribution in [0.1, 0.15) is 25.8 Å². The topological polar surface area (TPSA) is 118 Å². The Kier molecular flexibility index (Phi) is 6.24. The molecule has 0 saturated carbocycles. The number of nitrogens with one attached hydrogen (secondary N) is 3. The lowest BCUT2D eigenvalue weighted by molar-refractivity contribution is 0.0831. The Balaban J connectivity index is 1.54. The molecule has 3 rings (SSSR count). The van der Waals surface area contributed by atoms with Gasteiger partial charge in [-0.15, -0.1) is 11.3 Å². The molecule has 146 valence electrons. The van der Waals surface area contributed by atoms with Crippen molar-refractivity contribution in [2.75, 3.05) is 6.54 Å². The van der Waals surface area contributed by atoms with Crippen LogP contribution in [0.25, 0.3) is 0 Å². The van der Waals surface area contributed by atoms with Crippen LogP contribution < -0.4 is 15.6 Å². The molecule has 0 atom stereocenters. The summed E-state index contributed by atoms with van der Waals surface area (Å²) in [6.07, 6.45) is 1.94. The Morgan fingerprint density at radius 3 is 2.36 bits per heavy atom. The molecule has 0 aliphatic heterocycles. The second kappa shape index (κ2) is 8.83. The largest absolute Gasteiger partial charge is 0.459 e. The summed E-state index contributed by atoms with van der Waals surface area (Å²) in [7, 11) is -3.67. The molecule has 0 radical (unpaired) electrons. The molecular weight excluding hydrogens is 402 g/mol. The van der Waals surface area contributed by atoms with Gasteiger partial charge in [-0.3, -0.25) is 20.4 Å². The predicted octanol–water partition coefficient (Wildman–Crippen LogP) is 1.94. The molecule has 0 aliphatic rings. The van der Waals surface area contributed by atoms with E-state index in [9.17, 15) is 18.0 Å². The molecule has 0 saturated heterocycles. The molecule has 2 aromatic heterocycles. The normalized spacial score (nSPS) is 11.1. The number of sulfonamides is 1. The van der Waals surface area contributed by atoms with Gasteiger partial charge < -0.3 is 4.42 Å². The Labute approximate surface area is 165 Å². The van der Waals surface area contributed by atoms with E-state index in [0.29, 0.717) is 6.42 Å². The number of furan rings is 1. The Hall–Kier alpha value is -2.95. The minimum absolute atomic E-state index is 0.0508. The third kappa shape index (κ3) is 5.06. The van der Waals surface area contributed by atoms with E-state index in [1.807, 2.05) is 17.5 Å². The summed E-state index contributed by atoms with van der Waals surface area (Å²) in [4.78, 5) is 24.9. The van der Waals surface area contributed by atoms with E-state index >= 15 is 0 Å². The quantitative estimate of drug-likeness (QED) is 0.506. The lowest BCUT2D eigenvalue weighted by Gasteiger charge is -2.08. The number of hydrogen-bond donors (Lipinski definition) is 3. The third-order valence-electron chi connectivity index (χ3n) is 3.70. The van der Waals surface area contributed by atoms with Crippen LogP contribution in [0.5, 0.6) is 0 Å². The number of hydrazine groups is 1. The standard InChI is InChI=1S/C18H17N3O5S2/c22-17(20-21-18(23)16-4-1-11-26-16)13-5-7-15(8-6-13)28(24,25)19-10-9-14-3-2-12-27-14/h1-8,11-12,19H,9-10H2,(H,20,22)(H,21,23). The van der Waals surface area contributed by atoms with E-state index in [1.54, 1.807) is 17.4 Å². The van der Waals surface area contributed by atoms with E-state index in [-0.39, 0.29) is 22.8 Å². The molecule has 0 aliphatic carbocycles. The molecule has 0 spiro atoms. The number of hydrogen-bond acceptors (Lipinski definition) is 6. The average molecular weight is 419 g/mol. The minimum atomic E-state index is -3.67. The van der Waals surface area contributed by atoms with E-state index in [4.69, 9.17) is 4.42 Å². The molecule has 0 fully saturated rings. The van der Waals surface area contributed by atoms with Gasteiger partial charge in [-0.2, -0.15) is 0 Å². The lowest BCUT2D eigenvalue weighted by Crippen LogP contribution is -2.41. The second-order valence-corrected chi connectivity index (χ2v) is 8.44. The SMILES string of the molecule is O=C(NNC(=O)c1ccco1)c1ccc(S(=O)(=O)NCCc2cccs2)cc1. The van der Waals surface area contributed by atoms with E-state index in [2.05, 4.69) is 15.6 Å². The van der Waals surface area contributed by atoms with Gasteiger partial charge in [0.25, 0.3) is 5.91 Å². The van der Waals surface area contributed by atoms with Crippen molar-refractivity contribution in [3.05, 3.63) is 76.4 Å². The highest BCUT2D eigenvalue weighted by Crippen LogP contribution is 2.12. The van der Waals surface area contributed by atoms with Gasteiger partial charge in [-0.25, -0.2) is 13.1 Å². The lowest BCUT2D eigenvalue weighted by atomic mass is 10.2. The van der Waals surface area contributed by atoms with Crippen LogP contribution in [-0.2, 0) is 16.4 Å². The smallest absolute Gasteiger partial charge is 0.305 e. The fourth-order valence-corrected chi connectivity index (χ4v) is 4.03. The van der Waals surface area contributed by atoms with Crippen molar-refractivity contribution in [2.24, 2.45) is 0 Å². The van der Waals surface area contributed by atoms with Crippen molar-refractivity contribution in [3.8, 4) is 0 Å².